The number of nitrogens with one attached hydrogen (secondary N) is 1. The Kier molecular flexibility index (Phi) is 3.82. The van der Waals surface area contributed by atoms with Crippen molar-refractivity contribution in [1.29, 1.82) is 0 Å². The smallest absolute Gasteiger partial charge is 0.262 e. The molecule has 0 heterocycles. The highest BCUT2D eigenvalue weighted by atomic mass is 35.7. The normalized spacial score (nSPS) is 22.1. The van der Waals surface area contributed by atoms with Gasteiger partial charge in [0.1, 0.15) is 4.90 Å². The SMILES string of the molecule is Cc1cc(C(=O)NC2CC2C)cc(S(=O)(=O)Cl)c1Cl. The lowest BCUT2D eigenvalue weighted by molar-refractivity contribution is 0.0949. The molecule has 1 fully saturated rings. The summed E-state index contributed by atoms with van der Waals surface area (Å²) >= 11 is 5.90. The summed E-state index contributed by atoms with van der Waals surface area (Å²) in [6.45, 7) is 3.66. The fourth-order valence-electron chi connectivity index (χ4n) is 1.82. The molecule has 4 nitrogen and oxygen atoms in total. The highest BCUT2D eigenvalue weighted by Crippen LogP contribution is 2.31. The van der Waals surface area contributed by atoms with Crippen molar-refractivity contribution in [1.82, 2.24) is 5.32 Å². The maximum Gasteiger partial charge on any atom is 0.262 e. The maximum absolute atomic E-state index is 12.0. The average molecular weight is 322 g/mol. The van der Waals surface area contributed by atoms with Crippen LogP contribution in [-0.2, 0) is 9.05 Å². The number of benzene rings is 1. The average Bonchev–Trinajstić information content (AvgIpc) is 2.96. The highest BCUT2D eigenvalue weighted by Gasteiger charge is 2.34. The van der Waals surface area contributed by atoms with Crippen LogP contribution in [0.15, 0.2) is 17.0 Å². The Balaban J connectivity index is 2.36. The van der Waals surface area contributed by atoms with Gasteiger partial charge in [-0.1, -0.05) is 18.5 Å². The lowest BCUT2D eigenvalue weighted by Crippen LogP contribution is -2.26. The largest absolute Gasteiger partial charge is 0.349 e. The molecule has 1 amide bonds. The number of carbonyl (C=O) groups excluding carboxylic acids is 1. The molecule has 1 aromatic rings. The first-order valence-electron chi connectivity index (χ1n) is 5.76. The molecule has 2 rings (SSSR count). The van der Waals surface area contributed by atoms with Crippen molar-refractivity contribution >= 4 is 37.2 Å². The Labute approximate surface area is 121 Å². The number of rotatable bonds is 3. The van der Waals surface area contributed by atoms with Crippen LogP contribution in [0.2, 0.25) is 5.02 Å². The van der Waals surface area contributed by atoms with Crippen LogP contribution in [0.5, 0.6) is 0 Å². The van der Waals surface area contributed by atoms with Crippen LogP contribution < -0.4 is 5.32 Å². The van der Waals surface area contributed by atoms with Crippen LogP contribution in [0.1, 0.15) is 29.3 Å². The monoisotopic (exact) mass is 321 g/mol. The van der Waals surface area contributed by atoms with E-state index in [-0.39, 0.29) is 27.4 Å². The highest BCUT2D eigenvalue weighted by molar-refractivity contribution is 8.13. The fraction of sp³-hybridized carbons (Fsp3) is 0.417. The van der Waals surface area contributed by atoms with Crippen LogP contribution in [0, 0.1) is 12.8 Å². The van der Waals surface area contributed by atoms with Gasteiger partial charge in [-0.15, -0.1) is 0 Å². The molecule has 2 unspecified atom stereocenters. The summed E-state index contributed by atoms with van der Waals surface area (Å²) in [5, 5.41) is 2.87. The minimum Gasteiger partial charge on any atom is -0.349 e. The van der Waals surface area contributed by atoms with Crippen molar-refractivity contribution in [3.63, 3.8) is 0 Å². The molecule has 0 aromatic heterocycles. The van der Waals surface area contributed by atoms with Crippen molar-refractivity contribution in [3.05, 3.63) is 28.3 Å². The van der Waals surface area contributed by atoms with Gasteiger partial charge in [-0.25, -0.2) is 8.42 Å². The van der Waals surface area contributed by atoms with E-state index < -0.39 is 9.05 Å². The van der Waals surface area contributed by atoms with Crippen molar-refractivity contribution in [2.75, 3.05) is 0 Å². The number of hydrogen-bond acceptors (Lipinski definition) is 3. The summed E-state index contributed by atoms with van der Waals surface area (Å²) in [6, 6.07) is 2.93. The van der Waals surface area contributed by atoms with Gasteiger partial charge in [-0.3, -0.25) is 4.79 Å². The Morgan fingerprint density at radius 3 is 2.47 bits per heavy atom. The molecular formula is C12H13Cl2NO3S. The first-order chi connectivity index (χ1) is 8.70. The number of amides is 1. The fourth-order valence-corrected chi connectivity index (χ4v) is 3.36. The van der Waals surface area contributed by atoms with Gasteiger partial charge in [0.25, 0.3) is 15.0 Å². The summed E-state index contributed by atoms with van der Waals surface area (Å²) in [7, 11) is 1.33. The third-order valence-electron chi connectivity index (χ3n) is 3.17. The molecule has 0 aliphatic heterocycles. The number of halogens is 2. The van der Waals surface area contributed by atoms with Gasteiger partial charge >= 0.3 is 0 Å². The molecule has 0 saturated heterocycles. The summed E-state index contributed by atoms with van der Waals surface area (Å²) in [5.41, 5.74) is 0.748. The van der Waals surface area contributed by atoms with Crippen molar-refractivity contribution in [2.45, 2.75) is 31.2 Å². The quantitative estimate of drug-likeness (QED) is 0.870. The minimum absolute atomic E-state index is 0.0475. The predicted octanol–water partition coefficient (Wildman–Crippen LogP) is 2.71. The number of aryl methyl sites for hydroxylation is 1. The zero-order valence-corrected chi connectivity index (χ0v) is 12.7. The molecule has 0 bridgehead atoms. The lowest BCUT2D eigenvalue weighted by Gasteiger charge is -2.09. The molecule has 7 heteroatoms. The van der Waals surface area contributed by atoms with Crippen LogP contribution in [0.3, 0.4) is 0 Å². The van der Waals surface area contributed by atoms with Gasteiger partial charge in [-0.05, 0) is 37.0 Å². The molecule has 1 saturated carbocycles. The van der Waals surface area contributed by atoms with Crippen LogP contribution in [-0.4, -0.2) is 20.4 Å². The second-order valence-electron chi connectivity index (χ2n) is 4.84. The number of hydrogen-bond donors (Lipinski definition) is 1. The van der Waals surface area contributed by atoms with Gasteiger partial charge in [0, 0.05) is 22.3 Å². The molecule has 104 valence electrons. The molecule has 1 N–H and O–H groups in total. The second-order valence-corrected chi connectivity index (χ2v) is 7.75. The minimum atomic E-state index is -3.98. The molecule has 2 atom stereocenters. The Hall–Kier alpha value is -0.780. The van der Waals surface area contributed by atoms with Crippen LogP contribution in [0.4, 0.5) is 0 Å². The zero-order valence-electron chi connectivity index (χ0n) is 10.4. The summed E-state index contributed by atoms with van der Waals surface area (Å²) in [6.07, 6.45) is 0.943. The van der Waals surface area contributed by atoms with E-state index in [0.717, 1.165) is 6.42 Å². The Bertz CT molecular complexity index is 643. The van der Waals surface area contributed by atoms with Gasteiger partial charge in [0.15, 0.2) is 0 Å². The molecule has 19 heavy (non-hydrogen) atoms. The van der Waals surface area contributed by atoms with E-state index in [0.29, 0.717) is 11.5 Å². The summed E-state index contributed by atoms with van der Waals surface area (Å²) in [5.74, 6) is 0.157. The number of carbonyl (C=O) groups is 1. The summed E-state index contributed by atoms with van der Waals surface area (Å²) < 4.78 is 22.8. The van der Waals surface area contributed by atoms with Crippen LogP contribution in [0.25, 0.3) is 0 Å². The standard InChI is InChI=1S/C12H13Cl2NO3S/c1-6-4-9(6)15-12(16)8-3-7(2)11(13)10(5-8)19(14,17)18/h3,5-6,9H,4H2,1-2H3,(H,15,16). The third-order valence-corrected chi connectivity index (χ3v) is 5.13. The molecule has 1 aliphatic carbocycles. The van der Waals surface area contributed by atoms with Crippen molar-refractivity contribution < 1.29 is 13.2 Å². The van der Waals surface area contributed by atoms with E-state index in [1.165, 1.54) is 6.07 Å². The van der Waals surface area contributed by atoms with Crippen LogP contribution >= 0.6 is 22.3 Å². The first kappa shape index (κ1) is 14.6. The van der Waals surface area contributed by atoms with Gasteiger partial charge in [0.05, 0.1) is 5.02 Å². The molecular weight excluding hydrogens is 309 g/mol. The van der Waals surface area contributed by atoms with E-state index in [2.05, 4.69) is 5.32 Å². The third kappa shape index (κ3) is 3.22. The van der Waals surface area contributed by atoms with Gasteiger partial charge < -0.3 is 5.32 Å². The van der Waals surface area contributed by atoms with E-state index >= 15 is 0 Å². The van der Waals surface area contributed by atoms with Gasteiger partial charge in [0.2, 0.25) is 0 Å². The lowest BCUT2D eigenvalue weighted by atomic mass is 10.1. The zero-order chi connectivity index (χ0) is 14.4. The van der Waals surface area contributed by atoms with Crippen molar-refractivity contribution in [2.24, 2.45) is 5.92 Å². The van der Waals surface area contributed by atoms with Gasteiger partial charge in [-0.2, -0.15) is 0 Å². The Morgan fingerprint density at radius 2 is 2.00 bits per heavy atom. The van der Waals surface area contributed by atoms with E-state index in [1.54, 1.807) is 13.0 Å². The summed E-state index contributed by atoms with van der Waals surface area (Å²) in [4.78, 5) is 11.8. The Morgan fingerprint density at radius 1 is 1.42 bits per heavy atom. The molecule has 0 spiro atoms. The molecule has 0 radical (unpaired) electrons. The van der Waals surface area contributed by atoms with E-state index in [4.69, 9.17) is 22.3 Å². The van der Waals surface area contributed by atoms with Crippen molar-refractivity contribution in [3.8, 4) is 0 Å². The molecule has 1 aromatic carbocycles. The predicted molar refractivity (Wildman–Crippen MR) is 74.3 cm³/mol. The topological polar surface area (TPSA) is 63.2 Å². The maximum atomic E-state index is 12.0. The van der Waals surface area contributed by atoms with E-state index in [1.807, 2.05) is 6.92 Å². The first-order valence-corrected chi connectivity index (χ1v) is 8.44. The second kappa shape index (κ2) is 4.96. The van der Waals surface area contributed by atoms with E-state index in [9.17, 15) is 13.2 Å². The molecule has 1 aliphatic rings.